The number of halogens is 4. The zero-order valence-corrected chi connectivity index (χ0v) is 15.8. The summed E-state index contributed by atoms with van der Waals surface area (Å²) in [5.74, 6) is -0.692. The lowest BCUT2D eigenvalue weighted by molar-refractivity contribution is -0.141. The number of nitrogens with one attached hydrogen (secondary N) is 2. The second-order valence-electron chi connectivity index (χ2n) is 6.54. The van der Waals surface area contributed by atoms with E-state index in [1.165, 1.54) is 12.1 Å². The minimum Gasteiger partial charge on any atom is -0.392 e. The normalized spacial score (nSPS) is 11.4. The quantitative estimate of drug-likeness (QED) is 0.541. The fourth-order valence-corrected chi connectivity index (χ4v) is 2.69. The van der Waals surface area contributed by atoms with Crippen molar-refractivity contribution in [3.05, 3.63) is 76.9 Å². The molecule has 3 N–H and O–H groups in total. The van der Waals surface area contributed by atoms with E-state index in [0.717, 1.165) is 22.4 Å². The van der Waals surface area contributed by atoms with E-state index in [4.69, 9.17) is 5.11 Å². The molecule has 0 bridgehead atoms. The molecule has 0 fully saturated rings. The molecule has 2 aromatic carbocycles. The Labute approximate surface area is 169 Å². The third-order valence-electron chi connectivity index (χ3n) is 4.26. The molecule has 30 heavy (non-hydrogen) atoms. The maximum Gasteiger partial charge on any atom is 0.435 e. The number of carbonyl (C=O) groups excluding carboxylic acids is 1. The van der Waals surface area contributed by atoms with Crippen molar-refractivity contribution >= 4 is 11.7 Å². The summed E-state index contributed by atoms with van der Waals surface area (Å²) in [5, 5.41) is 17.4. The number of hydrogen-bond acceptors (Lipinski definition) is 3. The van der Waals surface area contributed by atoms with Crippen molar-refractivity contribution in [3.63, 3.8) is 0 Å². The second-order valence-corrected chi connectivity index (χ2v) is 6.54. The molecule has 0 atom stereocenters. The van der Waals surface area contributed by atoms with Crippen LogP contribution in [0, 0.1) is 12.7 Å². The van der Waals surface area contributed by atoms with Gasteiger partial charge in [-0.15, -0.1) is 0 Å². The predicted molar refractivity (Wildman–Crippen MR) is 101 cm³/mol. The van der Waals surface area contributed by atoms with Crippen LogP contribution in [-0.4, -0.2) is 20.9 Å². The van der Waals surface area contributed by atoms with Gasteiger partial charge in [-0.1, -0.05) is 23.8 Å². The Hall–Kier alpha value is -3.40. The molecule has 0 unspecified atom stereocenters. The summed E-state index contributed by atoms with van der Waals surface area (Å²) >= 11 is 0. The molecule has 158 valence electrons. The van der Waals surface area contributed by atoms with Gasteiger partial charge in [0.15, 0.2) is 5.69 Å². The number of aliphatic hydroxyl groups excluding tert-OH is 1. The molecule has 0 spiro atoms. The summed E-state index contributed by atoms with van der Waals surface area (Å²) < 4.78 is 54.1. The summed E-state index contributed by atoms with van der Waals surface area (Å²) in [6.45, 7) is 1.11. The number of amides is 2. The number of alkyl halides is 3. The van der Waals surface area contributed by atoms with E-state index in [-0.39, 0.29) is 23.5 Å². The van der Waals surface area contributed by atoms with E-state index in [9.17, 15) is 22.4 Å². The average molecular weight is 422 g/mol. The van der Waals surface area contributed by atoms with Gasteiger partial charge in [-0.05, 0) is 37.3 Å². The summed E-state index contributed by atoms with van der Waals surface area (Å²) in [4.78, 5) is 12.1. The van der Waals surface area contributed by atoms with Gasteiger partial charge in [-0.2, -0.15) is 18.3 Å². The SMILES string of the molecule is Cc1ccc(-n2nc(C(F)(F)F)cc2CNC(=O)Nc2ccc(CO)c(F)c2)cc1. The Bertz CT molecular complexity index is 1050. The Morgan fingerprint density at radius 3 is 2.43 bits per heavy atom. The monoisotopic (exact) mass is 422 g/mol. The molecule has 10 heteroatoms. The van der Waals surface area contributed by atoms with Crippen LogP contribution in [-0.2, 0) is 19.3 Å². The van der Waals surface area contributed by atoms with Crippen molar-refractivity contribution < 1.29 is 27.5 Å². The maximum absolute atomic E-state index is 13.7. The minimum absolute atomic E-state index is 0.0719. The number of aryl methyl sites for hydroxylation is 1. The Morgan fingerprint density at radius 2 is 1.83 bits per heavy atom. The average Bonchev–Trinajstić information content (AvgIpc) is 3.12. The lowest BCUT2D eigenvalue weighted by Crippen LogP contribution is -2.29. The van der Waals surface area contributed by atoms with Crippen LogP contribution in [0.25, 0.3) is 5.69 Å². The van der Waals surface area contributed by atoms with Gasteiger partial charge in [0, 0.05) is 11.3 Å². The number of urea groups is 1. The van der Waals surface area contributed by atoms with Crippen molar-refractivity contribution in [2.45, 2.75) is 26.3 Å². The van der Waals surface area contributed by atoms with Crippen LogP contribution in [0.2, 0.25) is 0 Å². The number of rotatable bonds is 5. The molecular formula is C20H18F4N4O2. The van der Waals surface area contributed by atoms with Crippen molar-refractivity contribution in [2.75, 3.05) is 5.32 Å². The van der Waals surface area contributed by atoms with Crippen LogP contribution in [0.3, 0.4) is 0 Å². The molecule has 6 nitrogen and oxygen atoms in total. The number of anilines is 1. The summed E-state index contributed by atoms with van der Waals surface area (Å²) in [7, 11) is 0. The fraction of sp³-hybridized carbons (Fsp3) is 0.200. The van der Waals surface area contributed by atoms with Crippen LogP contribution in [0.5, 0.6) is 0 Å². The molecule has 0 aliphatic carbocycles. The molecular weight excluding hydrogens is 404 g/mol. The van der Waals surface area contributed by atoms with E-state index in [2.05, 4.69) is 15.7 Å². The summed E-state index contributed by atoms with van der Waals surface area (Å²) in [5.41, 5.74) is 0.577. The molecule has 0 saturated carbocycles. The van der Waals surface area contributed by atoms with Crippen LogP contribution in [0.15, 0.2) is 48.5 Å². The largest absolute Gasteiger partial charge is 0.435 e. The molecule has 0 aliphatic heterocycles. The molecule has 3 aromatic rings. The van der Waals surface area contributed by atoms with Gasteiger partial charge in [0.2, 0.25) is 0 Å². The van der Waals surface area contributed by atoms with Crippen LogP contribution < -0.4 is 10.6 Å². The highest BCUT2D eigenvalue weighted by Crippen LogP contribution is 2.29. The molecule has 2 amide bonds. The molecule has 3 rings (SSSR count). The van der Waals surface area contributed by atoms with Gasteiger partial charge < -0.3 is 15.7 Å². The molecule has 0 aliphatic rings. The highest BCUT2D eigenvalue weighted by atomic mass is 19.4. The topological polar surface area (TPSA) is 79.2 Å². The van der Waals surface area contributed by atoms with Gasteiger partial charge in [0.05, 0.1) is 24.5 Å². The second kappa shape index (κ2) is 8.54. The maximum atomic E-state index is 13.7. The van der Waals surface area contributed by atoms with Crippen LogP contribution in [0.4, 0.5) is 28.0 Å². The molecule has 1 aromatic heterocycles. The number of aliphatic hydroxyl groups is 1. The number of aromatic nitrogens is 2. The zero-order valence-electron chi connectivity index (χ0n) is 15.8. The predicted octanol–water partition coefficient (Wildman–Crippen LogP) is 4.15. The van der Waals surface area contributed by atoms with E-state index in [1.54, 1.807) is 24.3 Å². The third-order valence-corrected chi connectivity index (χ3v) is 4.26. The lowest BCUT2D eigenvalue weighted by atomic mass is 10.2. The van der Waals surface area contributed by atoms with E-state index >= 15 is 0 Å². The van der Waals surface area contributed by atoms with Crippen LogP contribution >= 0.6 is 0 Å². The van der Waals surface area contributed by atoms with E-state index in [0.29, 0.717) is 5.69 Å². The van der Waals surface area contributed by atoms with Gasteiger partial charge in [0.1, 0.15) is 5.82 Å². The number of nitrogens with zero attached hydrogens (tertiary/aromatic N) is 2. The van der Waals surface area contributed by atoms with E-state index in [1.807, 2.05) is 6.92 Å². The highest BCUT2D eigenvalue weighted by Gasteiger charge is 2.35. The summed E-state index contributed by atoms with van der Waals surface area (Å²) in [6, 6.07) is 10.6. The smallest absolute Gasteiger partial charge is 0.392 e. The minimum atomic E-state index is -4.64. The zero-order chi connectivity index (χ0) is 21.9. The van der Waals surface area contributed by atoms with Gasteiger partial charge in [-0.25, -0.2) is 13.9 Å². The first-order valence-corrected chi connectivity index (χ1v) is 8.84. The first-order valence-electron chi connectivity index (χ1n) is 8.84. The number of hydrogen-bond donors (Lipinski definition) is 3. The van der Waals surface area contributed by atoms with E-state index < -0.39 is 30.3 Å². The first-order chi connectivity index (χ1) is 14.2. The van der Waals surface area contributed by atoms with Crippen molar-refractivity contribution in [1.29, 1.82) is 0 Å². The standard InChI is InChI=1S/C20H18F4N4O2/c1-12-2-6-15(7-3-12)28-16(9-18(27-28)20(22,23)24)10-25-19(30)26-14-5-4-13(11-29)17(21)8-14/h2-9,29H,10-11H2,1H3,(H2,25,26,30). The third kappa shape index (κ3) is 4.95. The van der Waals surface area contributed by atoms with Gasteiger partial charge >= 0.3 is 12.2 Å². The Morgan fingerprint density at radius 1 is 1.13 bits per heavy atom. The number of benzene rings is 2. The highest BCUT2D eigenvalue weighted by molar-refractivity contribution is 5.89. The fourth-order valence-electron chi connectivity index (χ4n) is 2.69. The first kappa shape index (κ1) is 21.3. The van der Waals surface area contributed by atoms with Crippen molar-refractivity contribution in [2.24, 2.45) is 0 Å². The lowest BCUT2D eigenvalue weighted by Gasteiger charge is -2.11. The molecule has 1 heterocycles. The summed E-state index contributed by atoms with van der Waals surface area (Å²) in [6.07, 6.45) is -4.64. The van der Waals surface area contributed by atoms with Crippen LogP contribution in [0.1, 0.15) is 22.5 Å². The van der Waals surface area contributed by atoms with Gasteiger partial charge in [0.25, 0.3) is 0 Å². The van der Waals surface area contributed by atoms with Gasteiger partial charge in [-0.3, -0.25) is 0 Å². The molecule has 0 saturated heterocycles. The Kier molecular flexibility index (Phi) is 6.06. The molecule has 0 radical (unpaired) electrons. The van der Waals surface area contributed by atoms with Crippen molar-refractivity contribution in [3.8, 4) is 5.69 Å². The number of carbonyl (C=O) groups is 1. The van der Waals surface area contributed by atoms with Crippen molar-refractivity contribution in [1.82, 2.24) is 15.1 Å². The Balaban J connectivity index is 1.76.